The van der Waals surface area contributed by atoms with E-state index in [4.69, 9.17) is 0 Å². The Kier molecular flexibility index (Phi) is 8.11. The van der Waals surface area contributed by atoms with Crippen LogP contribution < -0.4 is 10.6 Å². The fourth-order valence-corrected chi connectivity index (χ4v) is 4.50. The summed E-state index contributed by atoms with van der Waals surface area (Å²) in [4.78, 5) is 14.0. The number of aromatic nitrogens is 1. The normalized spacial score (nSPS) is 16.0. The third-order valence-corrected chi connectivity index (χ3v) is 6.26. The highest BCUT2D eigenvalue weighted by atomic mass is 127. The zero-order chi connectivity index (χ0) is 16.9. The van der Waals surface area contributed by atoms with Crippen LogP contribution >= 0.6 is 46.7 Å². The highest BCUT2D eigenvalue weighted by molar-refractivity contribution is 14.0. The average molecular weight is 491 g/mol. The van der Waals surface area contributed by atoms with E-state index < -0.39 is 0 Å². The van der Waals surface area contributed by atoms with Gasteiger partial charge >= 0.3 is 0 Å². The van der Waals surface area contributed by atoms with Gasteiger partial charge in [0.05, 0.1) is 6.54 Å². The largest absolute Gasteiger partial charge is 0.355 e. The summed E-state index contributed by atoms with van der Waals surface area (Å²) in [5.41, 5.74) is 1.50. The van der Waals surface area contributed by atoms with Crippen molar-refractivity contribution in [1.29, 1.82) is 0 Å². The van der Waals surface area contributed by atoms with Gasteiger partial charge in [0.25, 0.3) is 0 Å². The summed E-state index contributed by atoms with van der Waals surface area (Å²) in [6, 6.07) is 2.74. The summed E-state index contributed by atoms with van der Waals surface area (Å²) in [5.74, 6) is 0.836. The van der Waals surface area contributed by atoms with E-state index in [1.807, 2.05) is 24.6 Å². The van der Waals surface area contributed by atoms with Gasteiger partial charge in [-0.25, -0.2) is 4.98 Å². The summed E-state index contributed by atoms with van der Waals surface area (Å²) in [5, 5.41) is 10.1. The first-order valence-electron chi connectivity index (χ1n) is 8.31. The van der Waals surface area contributed by atoms with E-state index in [2.05, 4.69) is 50.8 Å². The van der Waals surface area contributed by atoms with Crippen LogP contribution in [0.3, 0.4) is 0 Å². The van der Waals surface area contributed by atoms with E-state index in [-0.39, 0.29) is 24.0 Å². The first kappa shape index (κ1) is 20.6. The van der Waals surface area contributed by atoms with Crippen molar-refractivity contribution in [2.24, 2.45) is 4.99 Å². The molecule has 3 rings (SSSR count). The molecule has 25 heavy (non-hydrogen) atoms. The molecule has 0 fully saturated rings. The van der Waals surface area contributed by atoms with Crippen LogP contribution in [0.4, 0.5) is 0 Å². The number of nitrogens with one attached hydrogen (secondary N) is 2. The fourth-order valence-electron chi connectivity index (χ4n) is 2.88. The quantitative estimate of drug-likeness (QED) is 0.383. The molecule has 0 spiro atoms. The first-order chi connectivity index (χ1) is 11.7. The average Bonchev–Trinajstić information content (AvgIpc) is 3.22. The first-order valence-corrected chi connectivity index (χ1v) is 10.0. The molecule has 3 heterocycles. The van der Waals surface area contributed by atoms with E-state index in [0.29, 0.717) is 12.6 Å². The number of thiophene rings is 1. The van der Waals surface area contributed by atoms with Gasteiger partial charge in [-0.2, -0.15) is 0 Å². The second kappa shape index (κ2) is 9.84. The molecule has 1 aliphatic rings. The van der Waals surface area contributed by atoms with E-state index >= 15 is 0 Å². The number of guanidine groups is 1. The molecular formula is C17H26IN5S2. The van der Waals surface area contributed by atoms with E-state index in [9.17, 15) is 0 Å². The molecule has 138 valence electrons. The number of rotatable bonds is 5. The SMILES string of the molecule is CN=C(NCc1ncc(C)s1)NCC(C)N1CCc2sccc2C1.I. The Morgan fingerprint density at radius 1 is 1.44 bits per heavy atom. The van der Waals surface area contributed by atoms with Crippen molar-refractivity contribution < 1.29 is 0 Å². The van der Waals surface area contributed by atoms with Crippen LogP contribution in [-0.2, 0) is 19.5 Å². The smallest absolute Gasteiger partial charge is 0.191 e. The van der Waals surface area contributed by atoms with Crippen LogP contribution in [0, 0.1) is 6.92 Å². The Labute approximate surface area is 175 Å². The maximum atomic E-state index is 4.37. The molecule has 2 N–H and O–H groups in total. The Morgan fingerprint density at radius 3 is 3.00 bits per heavy atom. The van der Waals surface area contributed by atoms with Crippen LogP contribution in [0.2, 0.25) is 0 Å². The summed E-state index contributed by atoms with van der Waals surface area (Å²) in [6.07, 6.45) is 3.09. The van der Waals surface area contributed by atoms with Gasteiger partial charge < -0.3 is 10.6 Å². The third-order valence-electron chi connectivity index (χ3n) is 4.33. The molecule has 2 aromatic heterocycles. The lowest BCUT2D eigenvalue weighted by molar-refractivity contribution is 0.192. The molecule has 0 radical (unpaired) electrons. The second-order valence-corrected chi connectivity index (χ2v) is 8.43. The molecule has 2 aromatic rings. The van der Waals surface area contributed by atoms with Gasteiger partial charge in [0.15, 0.2) is 5.96 Å². The van der Waals surface area contributed by atoms with Gasteiger partial charge in [-0.15, -0.1) is 46.7 Å². The Bertz CT molecular complexity index is 697. The summed E-state index contributed by atoms with van der Waals surface area (Å²) in [7, 11) is 1.81. The lowest BCUT2D eigenvalue weighted by atomic mass is 10.1. The molecular weight excluding hydrogens is 465 g/mol. The van der Waals surface area contributed by atoms with Crippen LogP contribution in [0.1, 0.15) is 27.2 Å². The molecule has 0 aromatic carbocycles. The summed E-state index contributed by atoms with van der Waals surface area (Å²) >= 11 is 3.61. The van der Waals surface area contributed by atoms with Crippen molar-refractivity contribution in [3.63, 3.8) is 0 Å². The second-order valence-electron chi connectivity index (χ2n) is 6.11. The molecule has 0 bridgehead atoms. The minimum atomic E-state index is 0. The van der Waals surface area contributed by atoms with Crippen molar-refractivity contribution in [3.05, 3.63) is 38.0 Å². The molecule has 5 nitrogen and oxygen atoms in total. The lowest BCUT2D eigenvalue weighted by Gasteiger charge is -2.32. The summed E-state index contributed by atoms with van der Waals surface area (Å²) in [6.45, 7) is 8.16. The Balaban J connectivity index is 0.00000225. The molecule has 0 aliphatic carbocycles. The maximum absolute atomic E-state index is 4.37. The lowest BCUT2D eigenvalue weighted by Crippen LogP contribution is -2.47. The topological polar surface area (TPSA) is 52.6 Å². The monoisotopic (exact) mass is 491 g/mol. The van der Waals surface area contributed by atoms with Gasteiger partial charge in [0.1, 0.15) is 5.01 Å². The number of nitrogens with zero attached hydrogens (tertiary/aromatic N) is 3. The van der Waals surface area contributed by atoms with E-state index in [1.165, 1.54) is 16.9 Å². The number of thiazole rings is 1. The predicted molar refractivity (Wildman–Crippen MR) is 118 cm³/mol. The van der Waals surface area contributed by atoms with Crippen LogP contribution in [-0.4, -0.2) is 42.0 Å². The predicted octanol–water partition coefficient (Wildman–Crippen LogP) is 3.24. The van der Waals surface area contributed by atoms with Crippen molar-refractivity contribution in [1.82, 2.24) is 20.5 Å². The highest BCUT2D eigenvalue weighted by Gasteiger charge is 2.21. The van der Waals surface area contributed by atoms with Gasteiger partial charge in [-0.05, 0) is 37.3 Å². The maximum Gasteiger partial charge on any atom is 0.191 e. The minimum Gasteiger partial charge on any atom is -0.355 e. The Morgan fingerprint density at radius 2 is 2.28 bits per heavy atom. The third kappa shape index (κ3) is 5.63. The van der Waals surface area contributed by atoms with Crippen molar-refractivity contribution in [3.8, 4) is 0 Å². The Hall–Kier alpha value is -0.710. The van der Waals surface area contributed by atoms with Crippen molar-refractivity contribution in [2.75, 3.05) is 20.1 Å². The molecule has 0 saturated carbocycles. The van der Waals surface area contributed by atoms with Crippen LogP contribution in [0.5, 0.6) is 0 Å². The number of fused-ring (bicyclic) bond motifs is 1. The van der Waals surface area contributed by atoms with Crippen molar-refractivity contribution >= 4 is 52.6 Å². The molecule has 0 amide bonds. The minimum absolute atomic E-state index is 0. The van der Waals surface area contributed by atoms with E-state index in [0.717, 1.165) is 30.6 Å². The number of halogens is 1. The standard InChI is InChI=1S/C17H25N5S2.HI/c1-12(22-6-4-15-14(11-22)5-7-23-15)8-20-17(18-3)21-10-16-19-9-13(2)24-16;/h5,7,9,12H,4,6,8,10-11H2,1-3H3,(H2,18,20,21);1H. The number of aryl methyl sites for hydroxylation is 1. The molecule has 0 saturated heterocycles. The highest BCUT2D eigenvalue weighted by Crippen LogP contribution is 2.24. The molecule has 1 aliphatic heterocycles. The van der Waals surface area contributed by atoms with Crippen LogP contribution in [0.15, 0.2) is 22.6 Å². The number of aliphatic imine (C=N–C) groups is 1. The fraction of sp³-hybridized carbons (Fsp3) is 0.529. The van der Waals surface area contributed by atoms with Crippen molar-refractivity contribution in [2.45, 2.75) is 39.4 Å². The van der Waals surface area contributed by atoms with Gasteiger partial charge in [-0.1, -0.05) is 0 Å². The van der Waals surface area contributed by atoms with Gasteiger partial charge in [0, 0.05) is 48.7 Å². The van der Waals surface area contributed by atoms with Crippen LogP contribution in [0.25, 0.3) is 0 Å². The molecule has 1 atom stereocenters. The number of hydrogen-bond donors (Lipinski definition) is 2. The zero-order valence-electron chi connectivity index (χ0n) is 14.9. The summed E-state index contributed by atoms with van der Waals surface area (Å²) < 4.78 is 0. The van der Waals surface area contributed by atoms with Gasteiger partial charge in [0.2, 0.25) is 0 Å². The van der Waals surface area contributed by atoms with E-state index in [1.54, 1.807) is 16.2 Å². The molecule has 8 heteroatoms. The molecule has 1 unspecified atom stereocenters. The number of hydrogen-bond acceptors (Lipinski definition) is 5. The van der Waals surface area contributed by atoms with Gasteiger partial charge in [-0.3, -0.25) is 9.89 Å². The zero-order valence-corrected chi connectivity index (χ0v) is 18.9.